The van der Waals surface area contributed by atoms with Crippen molar-refractivity contribution in [3.8, 4) is 22.5 Å². The van der Waals surface area contributed by atoms with E-state index in [0.29, 0.717) is 0 Å². The highest BCUT2D eigenvalue weighted by molar-refractivity contribution is 5.85. The molecule has 0 unspecified atom stereocenters. The van der Waals surface area contributed by atoms with E-state index in [-0.39, 0.29) is 5.88 Å². The molecule has 0 bridgehead atoms. The molecule has 4 nitrogen and oxygen atoms in total. The molecule has 1 aromatic carbocycles. The molecule has 3 aromatic rings. The third-order valence-corrected chi connectivity index (χ3v) is 3.42. The number of nitrogens with two attached hydrogens (primary N) is 1. The molecule has 0 saturated heterocycles. The fourth-order valence-electron chi connectivity index (χ4n) is 2.15. The number of hydrogen-bond acceptors (Lipinski definition) is 4. The fourth-order valence-corrected chi connectivity index (χ4v) is 2.15. The van der Waals surface area contributed by atoms with Gasteiger partial charge in [0, 0.05) is 11.8 Å². The first-order chi connectivity index (χ1) is 9.66. The van der Waals surface area contributed by atoms with Crippen LogP contribution in [0.25, 0.3) is 22.5 Å². The average molecular weight is 265 g/mol. The van der Waals surface area contributed by atoms with Crippen LogP contribution >= 0.6 is 0 Å². The maximum Gasteiger partial charge on any atom is 0.232 e. The van der Waals surface area contributed by atoms with Crippen molar-refractivity contribution in [3.63, 3.8) is 0 Å². The summed E-state index contributed by atoms with van der Waals surface area (Å²) in [6.45, 7) is 4.15. The molecule has 0 aliphatic carbocycles. The van der Waals surface area contributed by atoms with Crippen LogP contribution in [-0.4, -0.2) is 10.1 Å². The Labute approximate surface area is 117 Å². The van der Waals surface area contributed by atoms with Crippen molar-refractivity contribution in [1.82, 2.24) is 10.1 Å². The van der Waals surface area contributed by atoms with Gasteiger partial charge < -0.3 is 10.3 Å². The molecular formula is C16H15N3O. The normalized spacial score (nSPS) is 10.7. The Balaban J connectivity index is 2.18. The molecule has 0 amide bonds. The summed E-state index contributed by atoms with van der Waals surface area (Å²) >= 11 is 0. The van der Waals surface area contributed by atoms with E-state index in [1.807, 2.05) is 24.3 Å². The van der Waals surface area contributed by atoms with Gasteiger partial charge in [-0.3, -0.25) is 4.98 Å². The second-order valence-electron chi connectivity index (χ2n) is 4.78. The van der Waals surface area contributed by atoms with Crippen LogP contribution in [0, 0.1) is 13.8 Å². The molecule has 2 heterocycles. The third-order valence-electron chi connectivity index (χ3n) is 3.42. The fraction of sp³-hybridized carbons (Fsp3) is 0.125. The molecule has 0 spiro atoms. The second kappa shape index (κ2) is 4.81. The standard InChI is InChI=1S/C16H15N3O/c1-10-6-7-12(9-11(10)2)15-14(16(17)20-19-15)13-5-3-4-8-18-13/h3-9H,17H2,1-2H3. The molecule has 0 aliphatic heterocycles. The minimum atomic E-state index is 0.289. The summed E-state index contributed by atoms with van der Waals surface area (Å²) in [5, 5.41) is 4.09. The maximum atomic E-state index is 5.91. The van der Waals surface area contributed by atoms with E-state index >= 15 is 0 Å². The molecule has 20 heavy (non-hydrogen) atoms. The van der Waals surface area contributed by atoms with Crippen molar-refractivity contribution in [3.05, 3.63) is 53.7 Å². The van der Waals surface area contributed by atoms with Crippen molar-refractivity contribution in [2.45, 2.75) is 13.8 Å². The number of anilines is 1. The Morgan fingerprint density at radius 3 is 2.60 bits per heavy atom. The van der Waals surface area contributed by atoms with Gasteiger partial charge in [-0.25, -0.2) is 0 Å². The third kappa shape index (κ3) is 2.05. The number of nitrogen functional groups attached to an aromatic ring is 1. The first-order valence-corrected chi connectivity index (χ1v) is 6.41. The number of benzene rings is 1. The van der Waals surface area contributed by atoms with Gasteiger partial charge in [0.15, 0.2) is 0 Å². The minimum Gasteiger partial charge on any atom is -0.367 e. The second-order valence-corrected chi connectivity index (χ2v) is 4.78. The van der Waals surface area contributed by atoms with Crippen LogP contribution in [0.4, 0.5) is 5.88 Å². The van der Waals surface area contributed by atoms with Crippen molar-refractivity contribution in [1.29, 1.82) is 0 Å². The zero-order valence-corrected chi connectivity index (χ0v) is 11.4. The molecule has 2 aromatic heterocycles. The Kier molecular flexibility index (Phi) is 2.99. The Morgan fingerprint density at radius 1 is 1.05 bits per heavy atom. The van der Waals surface area contributed by atoms with E-state index in [0.717, 1.165) is 22.5 Å². The lowest BCUT2D eigenvalue weighted by Crippen LogP contribution is -1.90. The molecule has 0 aliphatic rings. The van der Waals surface area contributed by atoms with E-state index in [9.17, 15) is 0 Å². The molecule has 0 atom stereocenters. The smallest absolute Gasteiger partial charge is 0.232 e. The number of nitrogens with zero attached hydrogens (tertiary/aromatic N) is 2. The van der Waals surface area contributed by atoms with E-state index in [1.165, 1.54) is 11.1 Å². The van der Waals surface area contributed by atoms with E-state index in [1.54, 1.807) is 6.20 Å². The first kappa shape index (κ1) is 12.4. The number of pyridine rings is 1. The molecule has 3 rings (SSSR count). The van der Waals surface area contributed by atoms with Crippen molar-refractivity contribution in [2.24, 2.45) is 0 Å². The van der Waals surface area contributed by atoms with Crippen LogP contribution < -0.4 is 5.73 Å². The van der Waals surface area contributed by atoms with Crippen LogP contribution in [0.15, 0.2) is 47.1 Å². The van der Waals surface area contributed by atoms with Crippen LogP contribution in [0.3, 0.4) is 0 Å². The van der Waals surface area contributed by atoms with Crippen LogP contribution in [0.2, 0.25) is 0 Å². The van der Waals surface area contributed by atoms with Gasteiger partial charge >= 0.3 is 0 Å². The highest BCUT2D eigenvalue weighted by atomic mass is 16.5. The van der Waals surface area contributed by atoms with Gasteiger partial charge in [-0.15, -0.1) is 0 Å². The molecule has 0 radical (unpaired) electrons. The molecule has 4 heteroatoms. The molecule has 100 valence electrons. The van der Waals surface area contributed by atoms with E-state index in [4.69, 9.17) is 10.3 Å². The van der Waals surface area contributed by atoms with E-state index < -0.39 is 0 Å². The predicted molar refractivity (Wildman–Crippen MR) is 79.1 cm³/mol. The lowest BCUT2D eigenvalue weighted by atomic mass is 10.0. The Hall–Kier alpha value is -2.62. The Morgan fingerprint density at radius 2 is 1.90 bits per heavy atom. The highest BCUT2D eigenvalue weighted by Crippen LogP contribution is 2.35. The lowest BCUT2D eigenvalue weighted by Gasteiger charge is -2.05. The molecule has 0 fully saturated rings. The monoisotopic (exact) mass is 265 g/mol. The quantitative estimate of drug-likeness (QED) is 0.768. The largest absolute Gasteiger partial charge is 0.367 e. The maximum absolute atomic E-state index is 5.91. The lowest BCUT2D eigenvalue weighted by molar-refractivity contribution is 0.439. The van der Waals surface area contributed by atoms with Crippen molar-refractivity contribution in [2.75, 3.05) is 5.73 Å². The summed E-state index contributed by atoms with van der Waals surface area (Å²) in [5.41, 5.74) is 11.6. The van der Waals surface area contributed by atoms with Crippen LogP contribution in [0.5, 0.6) is 0 Å². The summed E-state index contributed by atoms with van der Waals surface area (Å²) in [7, 11) is 0. The Bertz CT molecular complexity index is 748. The average Bonchev–Trinajstić information content (AvgIpc) is 2.85. The van der Waals surface area contributed by atoms with Crippen molar-refractivity contribution < 1.29 is 4.52 Å². The van der Waals surface area contributed by atoms with Gasteiger partial charge in [-0.2, -0.15) is 0 Å². The van der Waals surface area contributed by atoms with Gasteiger partial charge in [0.05, 0.1) is 11.3 Å². The summed E-state index contributed by atoms with van der Waals surface area (Å²) in [6.07, 6.45) is 1.73. The van der Waals surface area contributed by atoms with Crippen molar-refractivity contribution >= 4 is 5.88 Å². The number of hydrogen-bond donors (Lipinski definition) is 1. The van der Waals surface area contributed by atoms with Gasteiger partial charge in [0.1, 0.15) is 5.69 Å². The highest BCUT2D eigenvalue weighted by Gasteiger charge is 2.18. The minimum absolute atomic E-state index is 0.289. The number of rotatable bonds is 2. The van der Waals surface area contributed by atoms with E-state index in [2.05, 4.69) is 36.1 Å². The summed E-state index contributed by atoms with van der Waals surface area (Å²) in [6, 6.07) is 11.8. The van der Waals surface area contributed by atoms with Gasteiger partial charge in [-0.05, 0) is 43.2 Å². The zero-order valence-electron chi connectivity index (χ0n) is 11.4. The number of aromatic nitrogens is 2. The molecular weight excluding hydrogens is 250 g/mol. The summed E-state index contributed by atoms with van der Waals surface area (Å²) in [4.78, 5) is 4.33. The summed E-state index contributed by atoms with van der Waals surface area (Å²) < 4.78 is 5.16. The zero-order chi connectivity index (χ0) is 14.1. The topological polar surface area (TPSA) is 64.9 Å². The van der Waals surface area contributed by atoms with Crippen LogP contribution in [0.1, 0.15) is 11.1 Å². The predicted octanol–water partition coefficient (Wildman–Crippen LogP) is 3.60. The van der Waals surface area contributed by atoms with Gasteiger partial charge in [-0.1, -0.05) is 23.4 Å². The molecule has 2 N–H and O–H groups in total. The SMILES string of the molecule is Cc1ccc(-c2noc(N)c2-c2ccccn2)cc1C. The van der Waals surface area contributed by atoms with Gasteiger partial charge in [0.25, 0.3) is 0 Å². The van der Waals surface area contributed by atoms with Gasteiger partial charge in [0.2, 0.25) is 5.88 Å². The van der Waals surface area contributed by atoms with Crippen LogP contribution in [-0.2, 0) is 0 Å². The first-order valence-electron chi connectivity index (χ1n) is 6.41. The number of aryl methyl sites for hydroxylation is 2. The molecule has 0 saturated carbocycles. The summed E-state index contributed by atoms with van der Waals surface area (Å²) in [5.74, 6) is 0.289.